The normalized spacial score (nSPS) is 11.6. The average molecular weight is 360 g/mol. The summed E-state index contributed by atoms with van der Waals surface area (Å²) in [4.78, 5) is 12.5. The first-order valence-electron chi connectivity index (χ1n) is 6.23. The van der Waals surface area contributed by atoms with Crippen LogP contribution in [0.25, 0.3) is 0 Å². The topological polar surface area (TPSA) is 63.7 Å². The number of halogens is 1. The number of nitrogens with zero attached hydrogens (tertiary/aromatic N) is 1. The summed E-state index contributed by atoms with van der Waals surface area (Å²) in [7, 11) is -1.02. The van der Waals surface area contributed by atoms with Crippen LogP contribution >= 0.6 is 22.9 Å². The van der Waals surface area contributed by atoms with Crippen molar-refractivity contribution in [2.45, 2.75) is 11.4 Å². The summed E-state index contributed by atoms with van der Waals surface area (Å²) in [6, 6.07) is 7.69. The highest BCUT2D eigenvalue weighted by molar-refractivity contribution is 7.89. The Morgan fingerprint density at radius 3 is 2.68 bits per heavy atom. The number of carbonyl (C=O) groups is 1. The number of esters is 1. The van der Waals surface area contributed by atoms with E-state index in [2.05, 4.69) is 4.74 Å². The molecule has 0 saturated carbocycles. The molecular formula is C14H14ClNO4S2. The Balaban J connectivity index is 2.35. The summed E-state index contributed by atoms with van der Waals surface area (Å²) in [5.41, 5.74) is 0.0229. The lowest BCUT2D eigenvalue weighted by atomic mass is 10.2. The van der Waals surface area contributed by atoms with Gasteiger partial charge in [0, 0.05) is 18.5 Å². The zero-order chi connectivity index (χ0) is 16.3. The van der Waals surface area contributed by atoms with Gasteiger partial charge in [-0.1, -0.05) is 17.7 Å². The Bertz CT molecular complexity index is 772. The van der Waals surface area contributed by atoms with E-state index in [4.69, 9.17) is 11.6 Å². The van der Waals surface area contributed by atoms with Crippen LogP contribution in [-0.4, -0.2) is 32.8 Å². The molecule has 8 heteroatoms. The number of rotatable bonds is 5. The monoisotopic (exact) mass is 359 g/mol. The zero-order valence-electron chi connectivity index (χ0n) is 11.9. The third-order valence-corrected chi connectivity index (χ3v) is 6.00. The van der Waals surface area contributed by atoms with Gasteiger partial charge in [0.05, 0.1) is 22.6 Å². The average Bonchev–Trinajstić information content (AvgIpc) is 2.99. The number of hydrogen-bond acceptors (Lipinski definition) is 5. The third-order valence-electron chi connectivity index (χ3n) is 3.01. The molecule has 0 aliphatic rings. The molecule has 0 aliphatic carbocycles. The van der Waals surface area contributed by atoms with Gasteiger partial charge in [-0.2, -0.15) is 4.31 Å². The van der Waals surface area contributed by atoms with Crippen molar-refractivity contribution >= 4 is 38.9 Å². The molecule has 0 amide bonds. The molecular weight excluding hydrogens is 346 g/mol. The molecule has 0 fully saturated rings. The summed E-state index contributed by atoms with van der Waals surface area (Å²) in [5.74, 6) is -0.678. The zero-order valence-corrected chi connectivity index (χ0v) is 14.3. The number of thiophene rings is 1. The van der Waals surface area contributed by atoms with E-state index in [1.54, 1.807) is 0 Å². The quantitative estimate of drug-likeness (QED) is 0.770. The molecule has 0 spiro atoms. The SMILES string of the molecule is COC(=O)c1cc(S(=O)(=O)N(C)Cc2cccs2)ccc1Cl. The number of ether oxygens (including phenoxy) is 1. The highest BCUT2D eigenvalue weighted by Gasteiger charge is 2.23. The Hall–Kier alpha value is -1.41. The van der Waals surface area contributed by atoms with Gasteiger partial charge in [0.25, 0.3) is 0 Å². The summed E-state index contributed by atoms with van der Waals surface area (Å²) < 4.78 is 31.0. The third kappa shape index (κ3) is 3.49. The van der Waals surface area contributed by atoms with E-state index in [0.717, 1.165) is 4.88 Å². The summed E-state index contributed by atoms with van der Waals surface area (Å²) >= 11 is 7.38. The molecule has 1 aromatic carbocycles. The number of sulfonamides is 1. The van der Waals surface area contributed by atoms with Crippen LogP contribution in [0.4, 0.5) is 0 Å². The first-order chi connectivity index (χ1) is 10.4. The van der Waals surface area contributed by atoms with E-state index in [-0.39, 0.29) is 22.0 Å². The molecule has 2 aromatic rings. The highest BCUT2D eigenvalue weighted by Crippen LogP contribution is 2.24. The van der Waals surface area contributed by atoms with Crippen LogP contribution in [0, 0.1) is 0 Å². The molecule has 22 heavy (non-hydrogen) atoms. The van der Waals surface area contributed by atoms with Gasteiger partial charge in [-0.25, -0.2) is 13.2 Å². The molecule has 0 saturated heterocycles. The second kappa shape index (κ2) is 6.78. The molecule has 0 bridgehead atoms. The van der Waals surface area contributed by atoms with E-state index in [1.165, 1.54) is 48.0 Å². The van der Waals surface area contributed by atoms with Crippen LogP contribution in [-0.2, 0) is 21.3 Å². The minimum Gasteiger partial charge on any atom is -0.465 e. The van der Waals surface area contributed by atoms with Gasteiger partial charge < -0.3 is 4.74 Å². The van der Waals surface area contributed by atoms with Gasteiger partial charge in [0.2, 0.25) is 10.0 Å². The van der Waals surface area contributed by atoms with Gasteiger partial charge >= 0.3 is 5.97 Å². The Morgan fingerprint density at radius 1 is 1.36 bits per heavy atom. The predicted molar refractivity (Wildman–Crippen MR) is 85.8 cm³/mol. The van der Waals surface area contributed by atoms with Gasteiger partial charge in [0.1, 0.15) is 0 Å². The van der Waals surface area contributed by atoms with Crippen molar-refractivity contribution < 1.29 is 17.9 Å². The number of hydrogen-bond donors (Lipinski definition) is 0. The minimum atomic E-state index is -3.72. The van der Waals surface area contributed by atoms with E-state index >= 15 is 0 Å². The second-order valence-corrected chi connectivity index (χ2v) is 7.96. The maximum atomic E-state index is 12.6. The molecule has 0 atom stereocenters. The van der Waals surface area contributed by atoms with Crippen LogP contribution in [0.15, 0.2) is 40.6 Å². The van der Waals surface area contributed by atoms with Crippen molar-refractivity contribution in [3.63, 3.8) is 0 Å². The van der Waals surface area contributed by atoms with Gasteiger partial charge in [-0.3, -0.25) is 0 Å². The van der Waals surface area contributed by atoms with Crippen molar-refractivity contribution in [3.05, 3.63) is 51.2 Å². The molecule has 118 valence electrons. The maximum absolute atomic E-state index is 12.6. The van der Waals surface area contributed by atoms with Gasteiger partial charge in [-0.05, 0) is 29.6 Å². The van der Waals surface area contributed by atoms with Crippen molar-refractivity contribution in [1.29, 1.82) is 0 Å². The van der Waals surface area contributed by atoms with Crippen molar-refractivity contribution in [1.82, 2.24) is 4.31 Å². The van der Waals surface area contributed by atoms with E-state index in [9.17, 15) is 13.2 Å². The fourth-order valence-corrected chi connectivity index (χ4v) is 4.03. The number of methoxy groups -OCH3 is 1. The van der Waals surface area contributed by atoms with Gasteiger partial charge in [0.15, 0.2) is 0 Å². The van der Waals surface area contributed by atoms with Crippen LogP contribution in [0.1, 0.15) is 15.2 Å². The highest BCUT2D eigenvalue weighted by atomic mass is 35.5. The van der Waals surface area contributed by atoms with Gasteiger partial charge in [-0.15, -0.1) is 11.3 Å². The lowest BCUT2D eigenvalue weighted by Gasteiger charge is -2.17. The molecule has 0 N–H and O–H groups in total. The Morgan fingerprint density at radius 2 is 2.09 bits per heavy atom. The van der Waals surface area contributed by atoms with Crippen molar-refractivity contribution in [2.75, 3.05) is 14.2 Å². The van der Waals surface area contributed by atoms with E-state index < -0.39 is 16.0 Å². The van der Waals surface area contributed by atoms with Crippen LogP contribution in [0.2, 0.25) is 5.02 Å². The predicted octanol–water partition coefficient (Wildman–Crippen LogP) is 3.01. The summed E-state index contributed by atoms with van der Waals surface area (Å²) in [5, 5.41) is 2.03. The molecule has 0 radical (unpaired) electrons. The Kier molecular flexibility index (Phi) is 5.23. The fraction of sp³-hybridized carbons (Fsp3) is 0.214. The first kappa shape index (κ1) is 17.0. The van der Waals surface area contributed by atoms with E-state index in [0.29, 0.717) is 0 Å². The van der Waals surface area contributed by atoms with E-state index in [1.807, 2.05) is 17.5 Å². The largest absolute Gasteiger partial charge is 0.465 e. The van der Waals surface area contributed by atoms with Crippen LogP contribution < -0.4 is 0 Å². The number of benzene rings is 1. The lowest BCUT2D eigenvalue weighted by Crippen LogP contribution is -2.26. The molecule has 2 rings (SSSR count). The van der Waals surface area contributed by atoms with Crippen LogP contribution in [0.5, 0.6) is 0 Å². The fourth-order valence-electron chi connectivity index (χ4n) is 1.82. The summed E-state index contributed by atoms with van der Waals surface area (Å²) in [6.07, 6.45) is 0. The molecule has 1 aromatic heterocycles. The number of carbonyl (C=O) groups excluding carboxylic acids is 1. The van der Waals surface area contributed by atoms with Crippen molar-refractivity contribution in [2.24, 2.45) is 0 Å². The standard InChI is InChI=1S/C14H14ClNO4S2/c1-16(9-10-4-3-7-21-10)22(18,19)11-5-6-13(15)12(8-11)14(17)20-2/h3-8H,9H2,1-2H3. The molecule has 1 heterocycles. The minimum absolute atomic E-state index is 0.00337. The summed E-state index contributed by atoms with van der Waals surface area (Å²) in [6.45, 7) is 0.260. The molecule has 0 unspecified atom stereocenters. The maximum Gasteiger partial charge on any atom is 0.339 e. The first-order valence-corrected chi connectivity index (χ1v) is 8.92. The van der Waals surface area contributed by atoms with Crippen LogP contribution in [0.3, 0.4) is 0 Å². The Labute approximate surface area is 138 Å². The smallest absolute Gasteiger partial charge is 0.339 e. The lowest BCUT2D eigenvalue weighted by molar-refractivity contribution is 0.0600. The van der Waals surface area contributed by atoms with Crippen molar-refractivity contribution in [3.8, 4) is 0 Å². The molecule has 5 nitrogen and oxygen atoms in total. The molecule has 0 aliphatic heterocycles. The second-order valence-electron chi connectivity index (χ2n) is 4.47.